The molecule has 1 heterocycles. The van der Waals surface area contributed by atoms with Crippen LogP contribution in [0.15, 0.2) is 60.7 Å². The third-order valence-electron chi connectivity index (χ3n) is 15.9. The van der Waals surface area contributed by atoms with Crippen molar-refractivity contribution in [3.8, 4) is 0 Å². The number of amides is 12. The van der Waals surface area contributed by atoms with Gasteiger partial charge in [-0.2, -0.15) is 0 Å². The maximum atomic E-state index is 15.7. The summed E-state index contributed by atoms with van der Waals surface area (Å²) in [5.74, 6) is -14.4. The lowest BCUT2D eigenvalue weighted by Crippen LogP contribution is -2.65. The van der Waals surface area contributed by atoms with Crippen molar-refractivity contribution in [2.24, 2.45) is 34.3 Å². The zero-order valence-corrected chi connectivity index (χ0v) is 59.0. The van der Waals surface area contributed by atoms with Gasteiger partial charge < -0.3 is 100 Å². The Morgan fingerprint density at radius 2 is 1.10 bits per heavy atom. The molecule has 0 aromatic heterocycles. The lowest BCUT2D eigenvalue weighted by Gasteiger charge is -2.35. The Kier molecular flexibility index (Phi) is 34.2. The SMILES string of the molecule is CC[C@H](C)[C@@H]1NC(=O)[C@@H](CCCNC(=N)N)NC(=O)[C@H](CC(C)C)NC(=O)[C@H]([C@H](O)C(C)C)NC(=O)[C@@H](NC(=O)[C@H](CC(C)(C)C)NC(=O)[C@@H](CC(C)(C)C)NC(=O)OCc2ccccc2)[C@@H](c2ccccc2)NC(=O)[C@H](CO)NC(=O)[C@H](CO)NC(=O)CNC(=O)[C@H]([C@H](C)O)NC1=O. The van der Waals surface area contributed by atoms with E-state index >= 15 is 14.4 Å². The molecule has 14 atom stereocenters. The minimum Gasteiger partial charge on any atom is -0.445 e. The second-order valence-corrected chi connectivity index (χ2v) is 28.1. The van der Waals surface area contributed by atoms with E-state index < -0.39 is 198 Å². The van der Waals surface area contributed by atoms with Crippen LogP contribution < -0.4 is 74.9 Å². The van der Waals surface area contributed by atoms with Crippen LogP contribution in [0.2, 0.25) is 0 Å². The molecule has 0 bridgehead atoms. The molecule has 1 saturated heterocycles. The average molecular weight is 1390 g/mol. The van der Waals surface area contributed by atoms with Crippen LogP contribution in [0.4, 0.5) is 4.79 Å². The summed E-state index contributed by atoms with van der Waals surface area (Å²) in [4.78, 5) is 173. The maximum Gasteiger partial charge on any atom is 0.408 e. The Labute approximate surface area is 578 Å². The van der Waals surface area contributed by atoms with Crippen LogP contribution in [0.3, 0.4) is 0 Å². The summed E-state index contributed by atoms with van der Waals surface area (Å²) in [5, 5.41) is 84.3. The van der Waals surface area contributed by atoms with E-state index in [9.17, 15) is 63.6 Å². The second-order valence-electron chi connectivity index (χ2n) is 28.1. The Morgan fingerprint density at radius 1 is 0.606 bits per heavy atom. The van der Waals surface area contributed by atoms with Crippen molar-refractivity contribution < 1.29 is 82.7 Å². The highest BCUT2D eigenvalue weighted by molar-refractivity contribution is 6.00. The first-order valence-corrected chi connectivity index (χ1v) is 33.3. The van der Waals surface area contributed by atoms with Gasteiger partial charge in [-0.05, 0) is 78.7 Å². The summed E-state index contributed by atoms with van der Waals surface area (Å²) >= 11 is 0. The van der Waals surface area contributed by atoms with Gasteiger partial charge in [0.2, 0.25) is 65.0 Å². The Morgan fingerprint density at radius 3 is 1.64 bits per heavy atom. The molecular weight excluding hydrogens is 1290 g/mol. The zero-order valence-electron chi connectivity index (χ0n) is 59.0. The van der Waals surface area contributed by atoms with Gasteiger partial charge in [0.25, 0.3) is 0 Å². The van der Waals surface area contributed by atoms with Gasteiger partial charge in [-0.3, -0.25) is 58.1 Å². The summed E-state index contributed by atoms with van der Waals surface area (Å²) in [6.45, 7) is 18.2. The first-order valence-electron chi connectivity index (χ1n) is 33.3. The fraction of sp³-hybridized carbons (Fsp3) is 0.627. The normalized spacial score (nSPS) is 23.3. The van der Waals surface area contributed by atoms with E-state index in [2.05, 4.69) is 69.1 Å². The summed E-state index contributed by atoms with van der Waals surface area (Å²) in [7, 11) is 0. The predicted molar refractivity (Wildman–Crippen MR) is 364 cm³/mol. The van der Waals surface area contributed by atoms with Crippen LogP contribution in [-0.2, 0) is 64.1 Å². The Balaban J connectivity index is 2.39. The first-order chi connectivity index (χ1) is 46.3. The number of hydrogen-bond donors (Lipinski definition) is 19. The number of benzene rings is 2. The zero-order chi connectivity index (χ0) is 74.6. The van der Waals surface area contributed by atoms with Crippen LogP contribution in [-0.4, -0.2) is 196 Å². The van der Waals surface area contributed by atoms with Gasteiger partial charge in [0, 0.05) is 6.54 Å². The number of ether oxygens (including phenoxy) is 1. The molecule has 1 aliphatic heterocycles. The number of carbonyl (C=O) groups is 12. The van der Waals surface area contributed by atoms with Crippen molar-refractivity contribution in [2.75, 3.05) is 26.3 Å². The standard InChI is InChI=1S/C67H107N15O17/c1-14-37(6)48-61(95)79-49(38(7)85)60(94)71-31-47(86)72-45(32-83)58(92)76-46(33-84)59(93)80-50(40-24-19-16-20-25-40)51(81-57(91)43(29-66(8,9)10)75-56(90)44(30-67(11,12)13)77-65(98)99-34-39-22-17-15-18-23-39)62(96)82-52(53(87)36(4)5)63(97)74-42(28-35(2)3)55(89)73-41(54(88)78-48)26-21-27-70-64(68)69/h15-20,22-25,35-38,41-46,48-53,83-85,87H,14,21,26-34H2,1-13H3,(H,71,94)(H,72,86)(H,73,89)(H,74,97)(H,75,90)(H,76,92)(H,77,98)(H,78,88)(H,79,95)(H,80,93)(H,81,91)(H,82,96)(H4,68,69,70)/t37-,38-,41+,42-,43-,44+,45-,46-,48-,49-,50+,51-,52-,53+/m0/s1. The van der Waals surface area contributed by atoms with Crippen molar-refractivity contribution in [1.29, 1.82) is 5.41 Å². The summed E-state index contributed by atoms with van der Waals surface area (Å²) in [6, 6.07) is -2.83. The molecule has 32 nitrogen and oxygen atoms in total. The molecule has 2 aromatic rings. The Bertz CT molecular complexity index is 3050. The quantitative estimate of drug-likeness (QED) is 0.0333. The number of aliphatic hydroxyl groups excluding tert-OH is 4. The highest BCUT2D eigenvalue weighted by atomic mass is 16.5. The molecular formula is C67H107N15O17. The maximum absolute atomic E-state index is 15.7. The minimum absolute atomic E-state index is 0.0176. The average Bonchev–Trinajstić information content (AvgIpc) is 0.812. The molecule has 3 rings (SSSR count). The molecule has 99 heavy (non-hydrogen) atoms. The summed E-state index contributed by atoms with van der Waals surface area (Å²) < 4.78 is 5.47. The topological polar surface area (TPSA) is 501 Å². The number of nitrogens with two attached hydrogens (primary N) is 1. The fourth-order valence-corrected chi connectivity index (χ4v) is 10.4. The van der Waals surface area contributed by atoms with E-state index in [1.54, 1.807) is 84.9 Å². The van der Waals surface area contributed by atoms with Crippen molar-refractivity contribution in [3.05, 3.63) is 71.8 Å². The molecule has 12 amide bonds. The smallest absolute Gasteiger partial charge is 0.408 e. The van der Waals surface area contributed by atoms with Gasteiger partial charge in [-0.25, -0.2) is 4.79 Å². The number of nitrogens with one attached hydrogen (secondary N) is 14. The van der Waals surface area contributed by atoms with E-state index in [1.165, 1.54) is 38.1 Å². The van der Waals surface area contributed by atoms with E-state index in [0.29, 0.717) is 5.56 Å². The van der Waals surface area contributed by atoms with E-state index in [4.69, 9.17) is 15.9 Å². The third-order valence-corrected chi connectivity index (χ3v) is 15.9. The van der Waals surface area contributed by atoms with Gasteiger partial charge in [-0.1, -0.05) is 150 Å². The number of alkyl carbamates (subject to hydrolysis) is 1. The minimum atomic E-state index is -2.11. The number of carbonyl (C=O) groups excluding carboxylic acids is 12. The Hall–Kier alpha value is -9.01. The highest BCUT2D eigenvalue weighted by Crippen LogP contribution is 2.26. The van der Waals surface area contributed by atoms with Gasteiger partial charge >= 0.3 is 6.09 Å². The lowest BCUT2D eigenvalue weighted by atomic mass is 9.86. The third kappa shape index (κ3) is 29.2. The lowest BCUT2D eigenvalue weighted by molar-refractivity contribution is -0.139. The predicted octanol–water partition coefficient (Wildman–Crippen LogP) is -1.76. The summed E-state index contributed by atoms with van der Waals surface area (Å²) in [5.41, 5.74) is 4.82. The second kappa shape index (κ2) is 40.2. The van der Waals surface area contributed by atoms with Crippen LogP contribution in [0, 0.1) is 34.0 Å². The molecule has 0 saturated carbocycles. The van der Waals surface area contributed by atoms with Crippen LogP contribution in [0.25, 0.3) is 0 Å². The van der Waals surface area contributed by atoms with Crippen molar-refractivity contribution >= 4 is 77.0 Å². The van der Waals surface area contributed by atoms with Crippen LogP contribution in [0.5, 0.6) is 0 Å². The van der Waals surface area contributed by atoms with E-state index in [-0.39, 0.29) is 63.2 Å². The molecule has 0 unspecified atom stereocenters. The molecule has 1 fully saturated rings. The van der Waals surface area contributed by atoms with E-state index in [0.717, 1.165) is 6.92 Å². The van der Waals surface area contributed by atoms with Gasteiger partial charge in [0.15, 0.2) is 5.96 Å². The molecule has 20 N–H and O–H groups in total. The number of hydrogen-bond acceptors (Lipinski definition) is 18. The molecule has 552 valence electrons. The number of rotatable bonds is 23. The monoisotopic (exact) mass is 1390 g/mol. The first kappa shape index (κ1) is 84.2. The van der Waals surface area contributed by atoms with Gasteiger partial charge in [0.1, 0.15) is 67.0 Å². The number of aliphatic hydroxyl groups is 4. The van der Waals surface area contributed by atoms with Crippen molar-refractivity contribution in [3.63, 3.8) is 0 Å². The van der Waals surface area contributed by atoms with Gasteiger partial charge in [0.05, 0.1) is 38.0 Å². The van der Waals surface area contributed by atoms with Crippen molar-refractivity contribution in [1.82, 2.24) is 69.1 Å². The summed E-state index contributed by atoms with van der Waals surface area (Å²) in [6.07, 6.45) is -4.52. The number of guanidine groups is 1. The molecule has 0 spiro atoms. The molecule has 1 aliphatic rings. The molecule has 0 aliphatic carbocycles. The molecule has 0 radical (unpaired) electrons. The fourth-order valence-electron chi connectivity index (χ4n) is 10.4. The molecule has 2 aromatic carbocycles. The van der Waals surface area contributed by atoms with Crippen LogP contribution >= 0.6 is 0 Å². The van der Waals surface area contributed by atoms with Crippen LogP contribution in [0.1, 0.15) is 146 Å². The molecule has 32 heteroatoms. The van der Waals surface area contributed by atoms with Gasteiger partial charge in [-0.15, -0.1) is 0 Å². The largest absolute Gasteiger partial charge is 0.445 e. The van der Waals surface area contributed by atoms with Crippen molar-refractivity contribution in [2.45, 2.75) is 214 Å². The highest BCUT2D eigenvalue weighted by Gasteiger charge is 2.43. The van der Waals surface area contributed by atoms with E-state index in [1.807, 2.05) is 20.8 Å².